The van der Waals surface area contributed by atoms with E-state index in [1.807, 2.05) is 16.3 Å². The molecule has 0 saturated carbocycles. The van der Waals surface area contributed by atoms with E-state index in [4.69, 9.17) is 5.73 Å². The van der Waals surface area contributed by atoms with Gasteiger partial charge in [-0.15, -0.1) is 11.3 Å². The summed E-state index contributed by atoms with van der Waals surface area (Å²) >= 11 is 3.88. The van der Waals surface area contributed by atoms with Gasteiger partial charge in [0.25, 0.3) is 5.91 Å². The number of rotatable bonds is 3. The maximum Gasteiger partial charge on any atom is 0.254 e. The SMILES string of the molecule is NCCC1CCCCN1C(=O)c1csc(I)c1. The highest BCUT2D eigenvalue weighted by Gasteiger charge is 2.27. The Hall–Kier alpha value is -0.140. The molecule has 1 fully saturated rings. The Morgan fingerprint density at radius 3 is 3.06 bits per heavy atom. The van der Waals surface area contributed by atoms with Crippen LogP contribution in [0.1, 0.15) is 36.0 Å². The Kier molecular flexibility index (Phi) is 4.81. The van der Waals surface area contributed by atoms with Gasteiger partial charge in [-0.2, -0.15) is 0 Å². The van der Waals surface area contributed by atoms with Crippen molar-refractivity contribution in [1.29, 1.82) is 0 Å². The first-order chi connectivity index (χ1) is 8.22. The Labute approximate surface area is 120 Å². The number of hydrogen-bond acceptors (Lipinski definition) is 3. The molecule has 0 radical (unpaired) electrons. The minimum atomic E-state index is 0.183. The molecule has 2 heterocycles. The maximum atomic E-state index is 12.4. The van der Waals surface area contributed by atoms with Crippen LogP contribution < -0.4 is 5.73 Å². The van der Waals surface area contributed by atoms with Crippen molar-refractivity contribution < 1.29 is 4.79 Å². The minimum absolute atomic E-state index is 0.183. The predicted octanol–water partition coefficient (Wildman–Crippen LogP) is 2.70. The van der Waals surface area contributed by atoms with Crippen LogP contribution in [-0.2, 0) is 0 Å². The average molecular weight is 364 g/mol. The molecule has 1 aliphatic heterocycles. The van der Waals surface area contributed by atoms with Crippen LogP contribution in [0.25, 0.3) is 0 Å². The lowest BCUT2D eigenvalue weighted by atomic mass is 9.98. The molecule has 3 nitrogen and oxygen atoms in total. The van der Waals surface area contributed by atoms with E-state index in [0.717, 1.165) is 31.4 Å². The smallest absolute Gasteiger partial charge is 0.254 e. The second-order valence-corrected chi connectivity index (χ2v) is 7.17. The Balaban J connectivity index is 2.10. The number of thiophene rings is 1. The van der Waals surface area contributed by atoms with E-state index in [-0.39, 0.29) is 5.91 Å². The summed E-state index contributed by atoms with van der Waals surface area (Å²) in [5.41, 5.74) is 6.46. The number of halogens is 1. The minimum Gasteiger partial charge on any atom is -0.336 e. The fourth-order valence-corrected chi connectivity index (χ4v) is 3.67. The molecule has 1 amide bonds. The second kappa shape index (κ2) is 6.15. The van der Waals surface area contributed by atoms with Crippen LogP contribution in [0.2, 0.25) is 0 Å². The van der Waals surface area contributed by atoms with E-state index in [0.29, 0.717) is 12.6 Å². The quantitative estimate of drug-likeness (QED) is 0.839. The monoisotopic (exact) mass is 364 g/mol. The lowest BCUT2D eigenvalue weighted by molar-refractivity contribution is 0.0605. The van der Waals surface area contributed by atoms with Gasteiger partial charge in [-0.3, -0.25) is 4.79 Å². The van der Waals surface area contributed by atoms with Gasteiger partial charge in [0.05, 0.1) is 8.45 Å². The molecule has 1 saturated heterocycles. The zero-order valence-electron chi connectivity index (χ0n) is 9.69. The number of nitrogens with two attached hydrogens (primary N) is 1. The topological polar surface area (TPSA) is 46.3 Å². The molecule has 1 aliphatic rings. The van der Waals surface area contributed by atoms with E-state index >= 15 is 0 Å². The lowest BCUT2D eigenvalue weighted by Crippen LogP contribution is -2.44. The fraction of sp³-hybridized carbons (Fsp3) is 0.583. The summed E-state index contributed by atoms with van der Waals surface area (Å²) in [7, 11) is 0. The van der Waals surface area contributed by atoms with Crippen molar-refractivity contribution in [2.45, 2.75) is 31.7 Å². The van der Waals surface area contributed by atoms with Crippen LogP contribution in [0, 0.1) is 2.88 Å². The van der Waals surface area contributed by atoms with Crippen molar-refractivity contribution in [2.24, 2.45) is 5.73 Å². The first-order valence-corrected chi connectivity index (χ1v) is 7.93. The highest BCUT2D eigenvalue weighted by molar-refractivity contribution is 14.1. The van der Waals surface area contributed by atoms with E-state index in [1.54, 1.807) is 11.3 Å². The van der Waals surface area contributed by atoms with Gasteiger partial charge >= 0.3 is 0 Å². The van der Waals surface area contributed by atoms with Crippen LogP contribution in [0.4, 0.5) is 0 Å². The van der Waals surface area contributed by atoms with Crippen LogP contribution >= 0.6 is 33.9 Å². The zero-order chi connectivity index (χ0) is 12.3. The van der Waals surface area contributed by atoms with E-state index in [9.17, 15) is 4.79 Å². The molecular weight excluding hydrogens is 347 g/mol. The van der Waals surface area contributed by atoms with Crippen molar-refractivity contribution in [3.05, 3.63) is 19.9 Å². The third-order valence-corrected chi connectivity index (χ3v) is 4.99. The third-order valence-electron chi connectivity index (χ3n) is 3.20. The summed E-state index contributed by atoms with van der Waals surface area (Å²) in [5.74, 6) is 0.183. The summed E-state index contributed by atoms with van der Waals surface area (Å²) < 4.78 is 1.17. The normalized spacial score (nSPS) is 20.6. The molecule has 0 aliphatic carbocycles. The molecule has 0 aromatic carbocycles. The molecule has 5 heteroatoms. The van der Waals surface area contributed by atoms with Crippen LogP contribution in [0.15, 0.2) is 11.4 Å². The van der Waals surface area contributed by atoms with Crippen LogP contribution in [0.5, 0.6) is 0 Å². The summed E-state index contributed by atoms with van der Waals surface area (Å²) in [6.07, 6.45) is 4.36. The van der Waals surface area contributed by atoms with E-state index < -0.39 is 0 Å². The highest BCUT2D eigenvalue weighted by Crippen LogP contribution is 2.24. The first-order valence-electron chi connectivity index (χ1n) is 5.97. The molecule has 1 aromatic rings. The van der Waals surface area contributed by atoms with Gasteiger partial charge in [0.1, 0.15) is 0 Å². The maximum absolute atomic E-state index is 12.4. The molecule has 17 heavy (non-hydrogen) atoms. The fourth-order valence-electron chi connectivity index (χ4n) is 2.35. The highest BCUT2D eigenvalue weighted by atomic mass is 127. The number of carbonyl (C=O) groups excluding carboxylic acids is 1. The molecule has 0 spiro atoms. The van der Waals surface area contributed by atoms with Gasteiger partial charge in [0.2, 0.25) is 0 Å². The van der Waals surface area contributed by atoms with Crippen molar-refractivity contribution in [3.8, 4) is 0 Å². The van der Waals surface area contributed by atoms with Crippen molar-refractivity contribution in [3.63, 3.8) is 0 Å². The molecule has 94 valence electrons. The van der Waals surface area contributed by atoms with Crippen molar-refractivity contribution >= 4 is 39.8 Å². The largest absolute Gasteiger partial charge is 0.336 e. The van der Waals surface area contributed by atoms with Crippen molar-refractivity contribution in [1.82, 2.24) is 4.90 Å². The summed E-state index contributed by atoms with van der Waals surface area (Å²) in [6, 6.07) is 2.32. The van der Waals surface area contributed by atoms with Gasteiger partial charge in [-0.1, -0.05) is 0 Å². The standard InChI is InChI=1S/C12H17IN2OS/c13-11-7-9(8-17-11)12(16)15-6-2-1-3-10(15)4-5-14/h7-8,10H,1-6,14H2. The second-order valence-electron chi connectivity index (χ2n) is 4.36. The van der Waals surface area contributed by atoms with Gasteiger partial charge in [-0.05, 0) is 60.9 Å². The van der Waals surface area contributed by atoms with Gasteiger partial charge in [0.15, 0.2) is 0 Å². The molecule has 1 atom stereocenters. The van der Waals surface area contributed by atoms with Crippen molar-refractivity contribution in [2.75, 3.05) is 13.1 Å². The summed E-state index contributed by atoms with van der Waals surface area (Å²) in [6.45, 7) is 1.55. The molecule has 1 unspecified atom stereocenters. The third kappa shape index (κ3) is 3.20. The zero-order valence-corrected chi connectivity index (χ0v) is 12.7. The Bertz CT molecular complexity index is 392. The Morgan fingerprint density at radius 1 is 1.59 bits per heavy atom. The molecular formula is C12H17IN2OS. The number of amides is 1. The van der Waals surface area contributed by atoms with E-state index in [1.165, 1.54) is 9.30 Å². The van der Waals surface area contributed by atoms with Gasteiger partial charge in [-0.25, -0.2) is 0 Å². The van der Waals surface area contributed by atoms with E-state index in [2.05, 4.69) is 22.6 Å². The first kappa shape index (κ1) is 13.3. The summed E-state index contributed by atoms with van der Waals surface area (Å²) in [5, 5.41) is 1.96. The molecule has 1 aromatic heterocycles. The lowest BCUT2D eigenvalue weighted by Gasteiger charge is -2.35. The van der Waals surface area contributed by atoms with Crippen LogP contribution in [0.3, 0.4) is 0 Å². The Morgan fingerprint density at radius 2 is 2.41 bits per heavy atom. The number of hydrogen-bond donors (Lipinski definition) is 1. The molecule has 2 rings (SSSR count). The average Bonchev–Trinajstić information content (AvgIpc) is 2.76. The molecule has 0 bridgehead atoms. The summed E-state index contributed by atoms with van der Waals surface area (Å²) in [4.78, 5) is 14.4. The van der Waals surface area contributed by atoms with Gasteiger partial charge < -0.3 is 10.6 Å². The predicted molar refractivity (Wildman–Crippen MR) is 79.4 cm³/mol. The molecule has 2 N–H and O–H groups in total. The van der Waals surface area contributed by atoms with Gasteiger partial charge in [0, 0.05) is 18.0 Å². The number of likely N-dealkylation sites (tertiary alicyclic amines) is 1. The number of carbonyl (C=O) groups is 1. The van der Waals surface area contributed by atoms with Crippen LogP contribution in [-0.4, -0.2) is 29.9 Å². The number of nitrogens with zero attached hydrogens (tertiary/aromatic N) is 1. The number of piperidine rings is 1.